The molecule has 2 aliphatic heterocycles. The quantitative estimate of drug-likeness (QED) is 0.540. The minimum absolute atomic E-state index is 0.245. The van der Waals surface area contributed by atoms with E-state index in [1.807, 2.05) is 36.4 Å². The zero-order valence-corrected chi connectivity index (χ0v) is 15.4. The molecule has 3 amide bonds. The highest BCUT2D eigenvalue weighted by molar-refractivity contribution is 5.94. The van der Waals surface area contributed by atoms with E-state index in [-0.39, 0.29) is 12.0 Å². The minimum Gasteiger partial charge on any atom is -0.465 e. The van der Waals surface area contributed by atoms with Crippen LogP contribution in [-0.2, 0) is 9.59 Å². The number of nitrogens with zero attached hydrogens (tertiary/aromatic N) is 2. The van der Waals surface area contributed by atoms with Crippen molar-refractivity contribution in [1.82, 2.24) is 15.3 Å². The monoisotopic (exact) mass is 385 g/mol. The molecule has 8 nitrogen and oxygen atoms in total. The van der Waals surface area contributed by atoms with Gasteiger partial charge in [0.2, 0.25) is 11.8 Å². The molecule has 1 aromatic rings. The second-order valence-electron chi connectivity index (χ2n) is 7.96. The number of benzene rings is 1. The molecule has 1 aliphatic carbocycles. The summed E-state index contributed by atoms with van der Waals surface area (Å²) in [5.41, 5.74) is 3.39. The lowest BCUT2D eigenvalue weighted by atomic mass is 9.80. The number of amides is 3. The molecule has 1 spiro atoms. The average molecular weight is 385 g/mol. The maximum absolute atomic E-state index is 13.3. The standard InChI is InChI=1S/C20H23N3O5/c24-17(21-28)15-10-20(7-8-20)12-23(19(26)27)16(15)18(25)22-9-6-14(11-22)13-4-2-1-3-5-13/h1-6,15-16,28H,7-12H2,(H,21,24)(H,26,27)/t15-,16-/m0/s1. The van der Waals surface area contributed by atoms with E-state index in [4.69, 9.17) is 5.21 Å². The summed E-state index contributed by atoms with van der Waals surface area (Å²) in [6.07, 6.45) is 2.81. The van der Waals surface area contributed by atoms with E-state index in [9.17, 15) is 19.5 Å². The number of likely N-dealkylation sites (tertiary alicyclic amines) is 1. The summed E-state index contributed by atoms with van der Waals surface area (Å²) in [4.78, 5) is 40.1. The summed E-state index contributed by atoms with van der Waals surface area (Å²) in [5, 5.41) is 18.9. The number of nitrogens with one attached hydrogen (secondary N) is 1. The number of piperidine rings is 1. The molecule has 148 valence electrons. The van der Waals surface area contributed by atoms with Crippen LogP contribution in [0.5, 0.6) is 0 Å². The Bertz CT molecular complexity index is 834. The van der Waals surface area contributed by atoms with E-state index in [2.05, 4.69) is 0 Å². The van der Waals surface area contributed by atoms with Gasteiger partial charge in [-0.1, -0.05) is 36.4 Å². The zero-order valence-electron chi connectivity index (χ0n) is 15.4. The molecule has 28 heavy (non-hydrogen) atoms. The Morgan fingerprint density at radius 2 is 1.86 bits per heavy atom. The van der Waals surface area contributed by atoms with Gasteiger partial charge in [0.15, 0.2) is 0 Å². The lowest BCUT2D eigenvalue weighted by Crippen LogP contribution is -2.61. The van der Waals surface area contributed by atoms with Crippen molar-refractivity contribution in [3.8, 4) is 0 Å². The molecule has 0 bridgehead atoms. The first kappa shape index (κ1) is 18.5. The van der Waals surface area contributed by atoms with Crippen molar-refractivity contribution in [1.29, 1.82) is 0 Å². The van der Waals surface area contributed by atoms with Crippen LogP contribution in [0.25, 0.3) is 5.57 Å². The number of carbonyl (C=O) groups excluding carboxylic acids is 2. The highest BCUT2D eigenvalue weighted by Crippen LogP contribution is 2.55. The number of hydrogen-bond donors (Lipinski definition) is 3. The molecule has 1 aromatic carbocycles. The third kappa shape index (κ3) is 3.24. The van der Waals surface area contributed by atoms with E-state index in [0.29, 0.717) is 19.5 Å². The maximum atomic E-state index is 13.3. The van der Waals surface area contributed by atoms with Crippen LogP contribution in [0.3, 0.4) is 0 Å². The molecule has 2 heterocycles. The first-order valence-corrected chi connectivity index (χ1v) is 9.41. The van der Waals surface area contributed by atoms with Gasteiger partial charge < -0.3 is 10.0 Å². The van der Waals surface area contributed by atoms with Crippen molar-refractivity contribution in [2.24, 2.45) is 11.3 Å². The summed E-state index contributed by atoms with van der Waals surface area (Å²) in [6.45, 7) is 0.984. The van der Waals surface area contributed by atoms with Crippen LogP contribution in [0.1, 0.15) is 24.8 Å². The minimum atomic E-state index is -1.21. The fourth-order valence-corrected chi connectivity index (χ4v) is 4.44. The van der Waals surface area contributed by atoms with Gasteiger partial charge in [0.1, 0.15) is 6.04 Å². The van der Waals surface area contributed by atoms with E-state index in [0.717, 1.165) is 28.9 Å². The van der Waals surface area contributed by atoms with Crippen LogP contribution < -0.4 is 5.48 Å². The van der Waals surface area contributed by atoms with Crippen LogP contribution in [0.15, 0.2) is 36.4 Å². The van der Waals surface area contributed by atoms with Gasteiger partial charge in [0, 0.05) is 19.6 Å². The fraction of sp³-hybridized carbons (Fsp3) is 0.450. The Morgan fingerprint density at radius 3 is 2.46 bits per heavy atom. The predicted octanol–water partition coefficient (Wildman–Crippen LogP) is 1.57. The number of rotatable bonds is 3. The topological polar surface area (TPSA) is 110 Å². The van der Waals surface area contributed by atoms with Crippen molar-refractivity contribution in [2.45, 2.75) is 25.3 Å². The molecule has 1 saturated carbocycles. The summed E-state index contributed by atoms with van der Waals surface area (Å²) in [7, 11) is 0. The molecular weight excluding hydrogens is 362 g/mol. The summed E-state index contributed by atoms with van der Waals surface area (Å²) in [5.74, 6) is -2.00. The van der Waals surface area contributed by atoms with Crippen LogP contribution in [0.2, 0.25) is 0 Å². The third-order valence-electron chi connectivity index (χ3n) is 6.15. The largest absolute Gasteiger partial charge is 0.465 e. The Morgan fingerprint density at radius 1 is 1.14 bits per heavy atom. The third-order valence-corrected chi connectivity index (χ3v) is 6.15. The van der Waals surface area contributed by atoms with Gasteiger partial charge in [0.05, 0.1) is 5.92 Å². The highest BCUT2D eigenvalue weighted by atomic mass is 16.5. The van der Waals surface area contributed by atoms with Crippen LogP contribution in [0.4, 0.5) is 4.79 Å². The van der Waals surface area contributed by atoms with Gasteiger partial charge in [0.25, 0.3) is 0 Å². The fourth-order valence-electron chi connectivity index (χ4n) is 4.44. The van der Waals surface area contributed by atoms with Gasteiger partial charge in [-0.25, -0.2) is 10.3 Å². The van der Waals surface area contributed by atoms with Crippen molar-refractivity contribution >= 4 is 23.5 Å². The molecule has 3 N–H and O–H groups in total. The van der Waals surface area contributed by atoms with E-state index in [1.54, 1.807) is 10.4 Å². The first-order chi connectivity index (χ1) is 13.4. The molecule has 2 atom stereocenters. The number of hydroxylamine groups is 1. The molecule has 0 aromatic heterocycles. The highest BCUT2D eigenvalue weighted by Gasteiger charge is 2.57. The van der Waals surface area contributed by atoms with Crippen molar-refractivity contribution < 1.29 is 24.7 Å². The van der Waals surface area contributed by atoms with Crippen molar-refractivity contribution in [2.75, 3.05) is 19.6 Å². The van der Waals surface area contributed by atoms with Gasteiger partial charge in [-0.2, -0.15) is 0 Å². The lowest BCUT2D eigenvalue weighted by molar-refractivity contribution is -0.149. The summed E-state index contributed by atoms with van der Waals surface area (Å²) >= 11 is 0. The van der Waals surface area contributed by atoms with Crippen LogP contribution in [-0.4, -0.2) is 63.7 Å². The Labute approximate surface area is 162 Å². The molecule has 2 fully saturated rings. The summed E-state index contributed by atoms with van der Waals surface area (Å²) in [6, 6.07) is 8.56. The van der Waals surface area contributed by atoms with Crippen molar-refractivity contribution in [3.05, 3.63) is 42.0 Å². The lowest BCUT2D eigenvalue weighted by Gasteiger charge is -2.43. The molecule has 4 rings (SSSR count). The number of carbonyl (C=O) groups is 3. The molecule has 0 unspecified atom stereocenters. The second kappa shape index (κ2) is 6.94. The number of hydrogen-bond acceptors (Lipinski definition) is 4. The van der Waals surface area contributed by atoms with Gasteiger partial charge in [-0.05, 0) is 35.8 Å². The average Bonchev–Trinajstić information content (AvgIpc) is 3.27. The van der Waals surface area contributed by atoms with E-state index < -0.39 is 29.9 Å². The normalized spacial score (nSPS) is 25.4. The SMILES string of the molecule is O=C(NO)[C@H]1CC2(CC2)CN(C(=O)O)[C@@H]1C(=O)N1CC=C(c2ccccc2)C1. The Hall–Kier alpha value is -2.87. The molecule has 1 saturated heterocycles. The molecule has 0 radical (unpaired) electrons. The maximum Gasteiger partial charge on any atom is 0.408 e. The Kier molecular flexibility index (Phi) is 4.58. The van der Waals surface area contributed by atoms with Crippen LogP contribution >= 0.6 is 0 Å². The van der Waals surface area contributed by atoms with Crippen LogP contribution in [0, 0.1) is 11.3 Å². The van der Waals surface area contributed by atoms with Gasteiger partial charge in [-0.15, -0.1) is 0 Å². The smallest absolute Gasteiger partial charge is 0.408 e. The van der Waals surface area contributed by atoms with Crippen molar-refractivity contribution in [3.63, 3.8) is 0 Å². The van der Waals surface area contributed by atoms with Gasteiger partial charge in [-0.3, -0.25) is 19.7 Å². The predicted molar refractivity (Wildman–Crippen MR) is 99.2 cm³/mol. The first-order valence-electron chi connectivity index (χ1n) is 9.41. The summed E-state index contributed by atoms with van der Waals surface area (Å²) < 4.78 is 0. The number of carboxylic acid groups (broad SMARTS) is 1. The molecule has 3 aliphatic rings. The van der Waals surface area contributed by atoms with E-state index in [1.165, 1.54) is 0 Å². The molecular formula is C20H23N3O5. The van der Waals surface area contributed by atoms with Gasteiger partial charge >= 0.3 is 6.09 Å². The van der Waals surface area contributed by atoms with E-state index >= 15 is 0 Å². The second-order valence-corrected chi connectivity index (χ2v) is 7.96. The Balaban J connectivity index is 1.57. The molecule has 8 heteroatoms. The zero-order chi connectivity index (χ0) is 19.9.